The maximum atomic E-state index is 11.6. The summed E-state index contributed by atoms with van der Waals surface area (Å²) in [6.45, 7) is -0.131. The molecule has 0 saturated heterocycles. The Kier molecular flexibility index (Phi) is 5.48. The number of urea groups is 1. The lowest BCUT2D eigenvalue weighted by Gasteiger charge is -2.08. The van der Waals surface area contributed by atoms with Gasteiger partial charge in [0.05, 0.1) is 6.54 Å². The lowest BCUT2D eigenvalue weighted by Crippen LogP contribution is -2.36. The van der Waals surface area contributed by atoms with Gasteiger partial charge >= 0.3 is 12.0 Å². The quantitative estimate of drug-likeness (QED) is 0.456. The van der Waals surface area contributed by atoms with Gasteiger partial charge in [-0.25, -0.2) is 9.59 Å². The second kappa shape index (κ2) is 7.10. The van der Waals surface area contributed by atoms with Crippen molar-refractivity contribution in [1.82, 2.24) is 10.6 Å². The molecule has 0 aliphatic carbocycles. The van der Waals surface area contributed by atoms with Gasteiger partial charge in [0.25, 0.3) is 5.91 Å². The van der Waals surface area contributed by atoms with Gasteiger partial charge in [0.2, 0.25) is 0 Å². The first-order valence-corrected chi connectivity index (χ1v) is 5.71. The van der Waals surface area contributed by atoms with Crippen LogP contribution in [0.15, 0.2) is 24.3 Å². The monoisotopic (exact) mass is 281 g/mol. The number of aliphatic carboxylic acids is 1. The van der Waals surface area contributed by atoms with Crippen molar-refractivity contribution in [3.05, 3.63) is 35.4 Å². The Bertz CT molecular complexity index is 500. The number of nitrogens with one attached hydrogen (secondary N) is 2. The number of carbonyl (C=O) groups excluding carboxylic acids is 2. The van der Waals surface area contributed by atoms with Crippen molar-refractivity contribution >= 4 is 17.9 Å². The minimum atomic E-state index is -1.64. The fourth-order valence-electron chi connectivity index (χ4n) is 1.34. The average molecular weight is 281 g/mol. The molecule has 0 unspecified atom stereocenters. The number of carboxylic acid groups (broad SMARTS) is 1. The summed E-state index contributed by atoms with van der Waals surface area (Å²) in [5, 5.41) is 22.2. The number of aliphatic hydroxyl groups is 1. The SMILES string of the molecule is NC(=O)NCc1ccc(C(=O)NC[C@H](O)C(=O)O)cc1. The first-order chi connectivity index (χ1) is 9.40. The van der Waals surface area contributed by atoms with E-state index in [1.54, 1.807) is 12.1 Å². The van der Waals surface area contributed by atoms with E-state index in [1.807, 2.05) is 0 Å². The molecule has 108 valence electrons. The molecule has 1 aromatic carbocycles. The van der Waals surface area contributed by atoms with Crippen molar-refractivity contribution < 1.29 is 24.6 Å². The van der Waals surface area contributed by atoms with Gasteiger partial charge in [0.15, 0.2) is 6.10 Å². The van der Waals surface area contributed by atoms with Crippen LogP contribution >= 0.6 is 0 Å². The van der Waals surface area contributed by atoms with E-state index in [-0.39, 0.29) is 13.1 Å². The Labute approximate surface area is 114 Å². The topological polar surface area (TPSA) is 142 Å². The number of aliphatic hydroxyl groups excluding tert-OH is 1. The van der Waals surface area contributed by atoms with Crippen LogP contribution in [0.2, 0.25) is 0 Å². The predicted molar refractivity (Wildman–Crippen MR) is 68.8 cm³/mol. The molecule has 1 rings (SSSR count). The summed E-state index contributed by atoms with van der Waals surface area (Å²) in [6.07, 6.45) is -1.64. The number of hydrogen-bond acceptors (Lipinski definition) is 4. The van der Waals surface area contributed by atoms with Crippen molar-refractivity contribution in [1.29, 1.82) is 0 Å². The van der Waals surface area contributed by atoms with Gasteiger partial charge in [-0.05, 0) is 17.7 Å². The van der Waals surface area contributed by atoms with Crippen LogP contribution in [0, 0.1) is 0 Å². The first-order valence-electron chi connectivity index (χ1n) is 5.71. The third kappa shape index (κ3) is 4.94. The van der Waals surface area contributed by atoms with Crippen LogP contribution in [0.1, 0.15) is 15.9 Å². The minimum Gasteiger partial charge on any atom is -0.479 e. The smallest absolute Gasteiger partial charge is 0.334 e. The largest absolute Gasteiger partial charge is 0.479 e. The number of amides is 3. The molecule has 1 aromatic rings. The van der Waals surface area contributed by atoms with E-state index in [4.69, 9.17) is 15.9 Å². The van der Waals surface area contributed by atoms with E-state index in [0.29, 0.717) is 5.56 Å². The summed E-state index contributed by atoms with van der Waals surface area (Å²) in [5.41, 5.74) is 5.99. The Balaban J connectivity index is 2.53. The maximum Gasteiger partial charge on any atom is 0.334 e. The number of rotatable bonds is 6. The first kappa shape index (κ1) is 15.4. The summed E-state index contributed by atoms with van der Waals surface area (Å²) in [6, 6.07) is 5.63. The highest BCUT2D eigenvalue weighted by Gasteiger charge is 2.14. The Hall–Kier alpha value is -2.61. The van der Waals surface area contributed by atoms with Crippen molar-refractivity contribution in [2.45, 2.75) is 12.6 Å². The van der Waals surface area contributed by atoms with Gasteiger partial charge in [-0.15, -0.1) is 0 Å². The van der Waals surface area contributed by atoms with Crippen molar-refractivity contribution in [3.63, 3.8) is 0 Å². The molecule has 0 aromatic heterocycles. The molecule has 0 radical (unpaired) electrons. The molecule has 8 heteroatoms. The third-order valence-corrected chi connectivity index (χ3v) is 2.42. The molecule has 0 saturated carbocycles. The summed E-state index contributed by atoms with van der Waals surface area (Å²) < 4.78 is 0. The molecule has 0 aliphatic rings. The Morgan fingerprint density at radius 3 is 2.25 bits per heavy atom. The average Bonchev–Trinajstić information content (AvgIpc) is 2.42. The molecular weight excluding hydrogens is 266 g/mol. The second-order valence-electron chi connectivity index (χ2n) is 3.98. The molecule has 0 heterocycles. The maximum absolute atomic E-state index is 11.6. The van der Waals surface area contributed by atoms with E-state index in [1.165, 1.54) is 12.1 Å². The predicted octanol–water partition coefficient (Wildman–Crippen LogP) is -0.970. The van der Waals surface area contributed by atoms with Gasteiger partial charge in [0.1, 0.15) is 0 Å². The van der Waals surface area contributed by atoms with Gasteiger partial charge in [-0.2, -0.15) is 0 Å². The number of carbonyl (C=O) groups is 3. The van der Waals surface area contributed by atoms with E-state index < -0.39 is 24.0 Å². The Morgan fingerprint density at radius 1 is 1.15 bits per heavy atom. The van der Waals surface area contributed by atoms with Gasteiger partial charge in [-0.3, -0.25) is 4.79 Å². The van der Waals surface area contributed by atoms with E-state index in [2.05, 4.69) is 10.6 Å². The molecule has 20 heavy (non-hydrogen) atoms. The number of primary amides is 1. The lowest BCUT2D eigenvalue weighted by molar-refractivity contribution is -0.146. The highest BCUT2D eigenvalue weighted by atomic mass is 16.4. The molecule has 0 spiro atoms. The zero-order valence-electron chi connectivity index (χ0n) is 10.5. The minimum absolute atomic E-state index is 0.245. The highest BCUT2D eigenvalue weighted by molar-refractivity contribution is 5.94. The number of benzene rings is 1. The van der Waals surface area contributed by atoms with Crippen molar-refractivity contribution in [2.24, 2.45) is 5.73 Å². The van der Waals surface area contributed by atoms with Gasteiger partial charge in [0, 0.05) is 12.1 Å². The number of carboxylic acids is 1. The van der Waals surface area contributed by atoms with Gasteiger partial charge in [-0.1, -0.05) is 12.1 Å². The van der Waals surface area contributed by atoms with Crippen LogP contribution in [0.25, 0.3) is 0 Å². The van der Waals surface area contributed by atoms with Crippen molar-refractivity contribution in [3.8, 4) is 0 Å². The van der Waals surface area contributed by atoms with E-state index in [0.717, 1.165) is 5.56 Å². The lowest BCUT2D eigenvalue weighted by atomic mass is 10.1. The van der Waals surface area contributed by atoms with Crippen LogP contribution in [-0.4, -0.2) is 40.8 Å². The zero-order chi connectivity index (χ0) is 15.1. The third-order valence-electron chi connectivity index (χ3n) is 2.42. The summed E-state index contributed by atoms with van der Waals surface area (Å²) in [7, 11) is 0. The van der Waals surface area contributed by atoms with Crippen LogP contribution in [0.4, 0.5) is 4.79 Å². The summed E-state index contributed by atoms with van der Waals surface area (Å²) in [4.78, 5) is 32.5. The van der Waals surface area contributed by atoms with Crippen LogP contribution in [0.5, 0.6) is 0 Å². The Morgan fingerprint density at radius 2 is 1.75 bits per heavy atom. The van der Waals surface area contributed by atoms with Crippen molar-refractivity contribution in [2.75, 3.05) is 6.54 Å². The molecule has 3 amide bonds. The van der Waals surface area contributed by atoms with Crippen LogP contribution in [0.3, 0.4) is 0 Å². The van der Waals surface area contributed by atoms with Gasteiger partial charge < -0.3 is 26.6 Å². The van der Waals surface area contributed by atoms with E-state index in [9.17, 15) is 14.4 Å². The molecule has 8 nitrogen and oxygen atoms in total. The highest BCUT2D eigenvalue weighted by Crippen LogP contribution is 2.04. The number of nitrogens with two attached hydrogens (primary N) is 1. The number of hydrogen-bond donors (Lipinski definition) is 5. The molecule has 0 fully saturated rings. The second-order valence-corrected chi connectivity index (χ2v) is 3.98. The molecule has 1 atom stereocenters. The van der Waals surface area contributed by atoms with Crippen LogP contribution < -0.4 is 16.4 Å². The fraction of sp³-hybridized carbons (Fsp3) is 0.250. The summed E-state index contributed by atoms with van der Waals surface area (Å²) in [5.74, 6) is -1.90. The standard InChI is InChI=1S/C12H15N3O5/c13-12(20)15-5-7-1-3-8(4-2-7)10(17)14-6-9(16)11(18)19/h1-4,9,16H,5-6H2,(H,14,17)(H,18,19)(H3,13,15,20)/t9-/m0/s1. The summed E-state index contributed by atoms with van der Waals surface area (Å²) >= 11 is 0. The molecular formula is C12H15N3O5. The fourth-order valence-corrected chi connectivity index (χ4v) is 1.34. The molecule has 0 aliphatic heterocycles. The molecule has 6 N–H and O–H groups in total. The zero-order valence-corrected chi connectivity index (χ0v) is 10.5. The van der Waals surface area contributed by atoms with Crippen LogP contribution in [-0.2, 0) is 11.3 Å². The normalized spacial score (nSPS) is 11.4. The van der Waals surface area contributed by atoms with E-state index >= 15 is 0 Å². The molecule has 0 bridgehead atoms.